The lowest BCUT2D eigenvalue weighted by molar-refractivity contribution is -0.143. The first-order chi connectivity index (χ1) is 10.2. The van der Waals surface area contributed by atoms with E-state index in [4.69, 9.17) is 9.47 Å². The van der Waals surface area contributed by atoms with E-state index in [0.717, 1.165) is 25.1 Å². The smallest absolute Gasteiger partial charge is 0.314 e. The van der Waals surface area contributed by atoms with Gasteiger partial charge in [0.25, 0.3) is 0 Å². The molecule has 1 fully saturated rings. The molecule has 4 nitrogen and oxygen atoms in total. The summed E-state index contributed by atoms with van der Waals surface area (Å²) in [7, 11) is 3.22. The van der Waals surface area contributed by atoms with E-state index in [0.29, 0.717) is 12.5 Å². The van der Waals surface area contributed by atoms with Gasteiger partial charge in [0.2, 0.25) is 0 Å². The zero-order valence-corrected chi connectivity index (χ0v) is 13.1. The number of carbonyl (C=O) groups excluding carboxylic acids is 1. The highest BCUT2D eigenvalue weighted by Gasteiger charge is 2.30. The minimum Gasteiger partial charge on any atom is -0.469 e. The van der Waals surface area contributed by atoms with Crippen LogP contribution in [-0.4, -0.2) is 50.8 Å². The Bertz CT molecular complexity index is 449. The highest BCUT2D eigenvalue weighted by molar-refractivity contribution is 5.78. The number of piperidine rings is 1. The minimum absolute atomic E-state index is 0.172. The molecule has 1 saturated heterocycles. The van der Waals surface area contributed by atoms with Crippen LogP contribution in [0.25, 0.3) is 0 Å². The summed E-state index contributed by atoms with van der Waals surface area (Å²) in [6.07, 6.45) is 1.34. The fourth-order valence-electron chi connectivity index (χ4n) is 2.97. The highest BCUT2D eigenvalue weighted by Crippen LogP contribution is 2.24. The van der Waals surface area contributed by atoms with Crippen LogP contribution in [0.15, 0.2) is 30.3 Å². The summed E-state index contributed by atoms with van der Waals surface area (Å²) >= 11 is 0. The van der Waals surface area contributed by atoms with E-state index >= 15 is 0 Å². The van der Waals surface area contributed by atoms with Gasteiger partial charge in [-0.05, 0) is 24.4 Å². The standard InChI is InChI=1S/C17H25NO3/c1-13-9-10-18(12-16(13)20-2)11-15(17(19)21-3)14-7-5-4-6-8-14/h4-8,13,15-16H,9-12H2,1-3H3. The maximum Gasteiger partial charge on any atom is 0.314 e. The molecule has 0 saturated carbocycles. The first-order valence-electron chi connectivity index (χ1n) is 7.53. The van der Waals surface area contributed by atoms with Gasteiger partial charge in [-0.3, -0.25) is 9.69 Å². The maximum absolute atomic E-state index is 12.1. The number of rotatable bonds is 5. The second-order valence-electron chi connectivity index (χ2n) is 5.79. The van der Waals surface area contributed by atoms with Crippen molar-refractivity contribution in [3.05, 3.63) is 35.9 Å². The van der Waals surface area contributed by atoms with Gasteiger partial charge in [-0.2, -0.15) is 0 Å². The summed E-state index contributed by atoms with van der Waals surface area (Å²) in [5.74, 6) is 0.162. The van der Waals surface area contributed by atoms with E-state index < -0.39 is 0 Å². The number of benzene rings is 1. The fourth-order valence-corrected chi connectivity index (χ4v) is 2.97. The molecule has 2 rings (SSSR count). The van der Waals surface area contributed by atoms with Crippen LogP contribution < -0.4 is 0 Å². The molecule has 0 bridgehead atoms. The summed E-state index contributed by atoms with van der Waals surface area (Å²) in [5, 5.41) is 0. The molecule has 0 amide bonds. The lowest BCUT2D eigenvalue weighted by Gasteiger charge is -2.37. The van der Waals surface area contributed by atoms with Gasteiger partial charge in [0.05, 0.1) is 19.1 Å². The van der Waals surface area contributed by atoms with E-state index in [1.165, 1.54) is 7.11 Å². The number of ether oxygens (including phenoxy) is 2. The molecule has 4 heteroatoms. The van der Waals surface area contributed by atoms with Crippen molar-refractivity contribution < 1.29 is 14.3 Å². The fraction of sp³-hybridized carbons (Fsp3) is 0.588. The molecule has 0 N–H and O–H groups in total. The van der Waals surface area contributed by atoms with Crippen molar-refractivity contribution >= 4 is 5.97 Å². The average molecular weight is 291 g/mol. The zero-order valence-electron chi connectivity index (χ0n) is 13.1. The molecule has 0 spiro atoms. The van der Waals surface area contributed by atoms with Crippen LogP contribution in [0, 0.1) is 5.92 Å². The summed E-state index contributed by atoms with van der Waals surface area (Å²) < 4.78 is 10.5. The molecule has 1 aliphatic rings. The summed E-state index contributed by atoms with van der Waals surface area (Å²) in [6.45, 7) is 4.78. The number of hydrogen-bond acceptors (Lipinski definition) is 4. The Morgan fingerprint density at radius 2 is 2.05 bits per heavy atom. The molecule has 1 aliphatic heterocycles. The number of likely N-dealkylation sites (tertiary alicyclic amines) is 1. The third-order valence-corrected chi connectivity index (χ3v) is 4.40. The van der Waals surface area contributed by atoms with Crippen LogP contribution in [0.1, 0.15) is 24.8 Å². The van der Waals surface area contributed by atoms with Gasteiger partial charge in [-0.1, -0.05) is 37.3 Å². The van der Waals surface area contributed by atoms with Gasteiger partial charge in [-0.15, -0.1) is 0 Å². The van der Waals surface area contributed by atoms with Gasteiger partial charge in [0.15, 0.2) is 0 Å². The van der Waals surface area contributed by atoms with Crippen LogP contribution in [0.3, 0.4) is 0 Å². The molecule has 3 atom stereocenters. The van der Waals surface area contributed by atoms with E-state index in [2.05, 4.69) is 11.8 Å². The Kier molecular flexibility index (Phi) is 5.76. The molecule has 1 aromatic carbocycles. The van der Waals surface area contributed by atoms with Crippen molar-refractivity contribution in [1.29, 1.82) is 0 Å². The first-order valence-corrected chi connectivity index (χ1v) is 7.53. The van der Waals surface area contributed by atoms with Crippen molar-refractivity contribution in [3.63, 3.8) is 0 Å². The molecular weight excluding hydrogens is 266 g/mol. The molecule has 3 unspecified atom stereocenters. The third-order valence-electron chi connectivity index (χ3n) is 4.40. The number of nitrogens with zero attached hydrogens (tertiary/aromatic N) is 1. The SMILES string of the molecule is COC(=O)C(CN1CCC(C)C(OC)C1)c1ccccc1. The van der Waals surface area contributed by atoms with Gasteiger partial charge < -0.3 is 9.47 Å². The molecule has 1 aromatic rings. The monoisotopic (exact) mass is 291 g/mol. The number of esters is 1. The van der Waals surface area contributed by atoms with Gasteiger partial charge >= 0.3 is 5.97 Å². The molecule has 116 valence electrons. The normalized spacial score (nSPS) is 24.5. The number of carbonyl (C=O) groups is 1. The second kappa shape index (κ2) is 7.57. The van der Waals surface area contributed by atoms with Crippen molar-refractivity contribution in [2.45, 2.75) is 25.4 Å². The largest absolute Gasteiger partial charge is 0.469 e. The van der Waals surface area contributed by atoms with Crippen LogP contribution in [0.4, 0.5) is 0 Å². The summed E-state index contributed by atoms with van der Waals surface area (Å²) in [6, 6.07) is 9.86. The molecule has 1 heterocycles. The molecular formula is C17H25NO3. The Morgan fingerprint density at radius 1 is 1.33 bits per heavy atom. The highest BCUT2D eigenvalue weighted by atomic mass is 16.5. The Labute approximate surface area is 127 Å². The summed E-state index contributed by atoms with van der Waals surface area (Å²) in [4.78, 5) is 14.4. The van der Waals surface area contributed by atoms with Crippen molar-refractivity contribution in [3.8, 4) is 0 Å². The second-order valence-corrected chi connectivity index (χ2v) is 5.79. The van der Waals surface area contributed by atoms with E-state index in [1.807, 2.05) is 30.3 Å². The van der Waals surface area contributed by atoms with Crippen molar-refractivity contribution in [1.82, 2.24) is 4.90 Å². The van der Waals surface area contributed by atoms with Gasteiger partial charge in [0, 0.05) is 20.2 Å². The molecule has 21 heavy (non-hydrogen) atoms. The summed E-state index contributed by atoms with van der Waals surface area (Å²) in [5.41, 5.74) is 1.01. The molecule has 0 aromatic heterocycles. The number of hydrogen-bond donors (Lipinski definition) is 0. The molecule has 0 aliphatic carbocycles. The van der Waals surface area contributed by atoms with Crippen LogP contribution in [0.5, 0.6) is 0 Å². The van der Waals surface area contributed by atoms with Gasteiger partial charge in [-0.25, -0.2) is 0 Å². The average Bonchev–Trinajstić information content (AvgIpc) is 2.54. The van der Waals surface area contributed by atoms with Crippen LogP contribution in [-0.2, 0) is 14.3 Å². The van der Waals surface area contributed by atoms with Crippen LogP contribution >= 0.6 is 0 Å². The van der Waals surface area contributed by atoms with Gasteiger partial charge in [0.1, 0.15) is 0 Å². The quantitative estimate of drug-likeness (QED) is 0.780. The van der Waals surface area contributed by atoms with E-state index in [-0.39, 0.29) is 18.0 Å². The Balaban J connectivity index is 2.07. The van der Waals surface area contributed by atoms with Crippen molar-refractivity contribution in [2.24, 2.45) is 5.92 Å². The topological polar surface area (TPSA) is 38.8 Å². The molecule has 0 radical (unpaired) electrons. The van der Waals surface area contributed by atoms with E-state index in [9.17, 15) is 4.79 Å². The lowest BCUT2D eigenvalue weighted by Crippen LogP contribution is -2.46. The Morgan fingerprint density at radius 3 is 2.67 bits per heavy atom. The Hall–Kier alpha value is -1.39. The minimum atomic E-state index is -0.234. The van der Waals surface area contributed by atoms with E-state index in [1.54, 1.807) is 7.11 Å². The predicted octanol–water partition coefficient (Wildman–Crippen LogP) is 2.30. The van der Waals surface area contributed by atoms with Crippen LogP contribution in [0.2, 0.25) is 0 Å². The third kappa shape index (κ3) is 4.05. The predicted molar refractivity (Wildman–Crippen MR) is 82.2 cm³/mol. The maximum atomic E-state index is 12.1. The zero-order chi connectivity index (χ0) is 15.2. The van der Waals surface area contributed by atoms with Crippen molar-refractivity contribution in [2.75, 3.05) is 33.9 Å². The number of methoxy groups -OCH3 is 2. The first kappa shape index (κ1) is 16.0. The lowest BCUT2D eigenvalue weighted by atomic mass is 9.93.